The molecule has 0 radical (unpaired) electrons. The predicted molar refractivity (Wildman–Crippen MR) is 71.7 cm³/mol. The number of hydrogen-bond donors (Lipinski definition) is 3. The monoisotopic (exact) mass is 329 g/mol. The minimum Gasteiger partial charge on any atom is -0.351 e. The second kappa shape index (κ2) is 6.83. The molecule has 1 aliphatic heterocycles. The predicted octanol–water partition coefficient (Wildman–Crippen LogP) is 0.719. The largest absolute Gasteiger partial charge is 0.408 e. The summed E-state index contributed by atoms with van der Waals surface area (Å²) in [4.78, 5) is 23.6. The van der Waals surface area contributed by atoms with E-state index in [0.29, 0.717) is 5.92 Å². The maximum Gasteiger partial charge on any atom is 0.408 e. The van der Waals surface area contributed by atoms with Crippen molar-refractivity contribution in [1.82, 2.24) is 10.6 Å². The number of amides is 2. The molecule has 0 bridgehead atoms. The molecule has 0 aromatic heterocycles. The van der Waals surface area contributed by atoms with Crippen LogP contribution in [0.4, 0.5) is 13.2 Å². The highest BCUT2D eigenvalue weighted by molar-refractivity contribution is 6.01. The molecule has 9 heteroatoms. The summed E-state index contributed by atoms with van der Waals surface area (Å²) in [5.74, 6) is -2.10. The number of carbonyl (C=O) groups is 2. The molecule has 2 fully saturated rings. The van der Waals surface area contributed by atoms with Crippen LogP contribution in [0, 0.1) is 11.8 Å². The number of hydrogen-bond acceptors (Lipinski definition) is 3. The molecule has 2 rings (SSSR count). The van der Waals surface area contributed by atoms with Crippen molar-refractivity contribution in [2.75, 3.05) is 6.54 Å². The molecule has 1 aliphatic carbocycles. The van der Waals surface area contributed by atoms with Crippen molar-refractivity contribution >= 4 is 24.2 Å². The summed E-state index contributed by atoms with van der Waals surface area (Å²) in [5.41, 5.74) is 5.54. The maximum absolute atomic E-state index is 12.5. The van der Waals surface area contributed by atoms with Gasteiger partial charge in [0.25, 0.3) is 0 Å². The quantitative estimate of drug-likeness (QED) is 0.664. The van der Waals surface area contributed by atoms with Crippen LogP contribution >= 0.6 is 12.4 Å². The SMILES string of the molecule is Cl.NCC(NC(=O)C1CCC(C(F)(F)F)NC1=O)C1CC1. The summed E-state index contributed by atoms with van der Waals surface area (Å²) < 4.78 is 37.5. The lowest BCUT2D eigenvalue weighted by Crippen LogP contribution is -2.56. The smallest absolute Gasteiger partial charge is 0.351 e. The molecule has 5 nitrogen and oxygen atoms in total. The lowest BCUT2D eigenvalue weighted by molar-refractivity contribution is -0.171. The number of rotatable bonds is 4. The molecule has 2 amide bonds. The fourth-order valence-corrected chi connectivity index (χ4v) is 2.46. The lowest BCUT2D eigenvalue weighted by atomic mass is 9.92. The number of nitrogens with one attached hydrogen (secondary N) is 2. The van der Waals surface area contributed by atoms with Gasteiger partial charge in [0.1, 0.15) is 12.0 Å². The minimum absolute atomic E-state index is 0. The first-order chi connectivity index (χ1) is 9.32. The lowest BCUT2D eigenvalue weighted by Gasteiger charge is -2.30. The molecule has 2 aliphatic rings. The van der Waals surface area contributed by atoms with Crippen molar-refractivity contribution < 1.29 is 22.8 Å². The standard InChI is InChI=1S/C12H18F3N3O2.ClH/c13-12(14,15)9-4-3-7(11(20)18-9)10(19)17-8(5-16)6-1-2-6;/h6-9H,1-5,16H2,(H,17,19)(H,18,20);1H. The third-order valence-corrected chi connectivity index (χ3v) is 3.86. The maximum atomic E-state index is 12.5. The van der Waals surface area contributed by atoms with Crippen LogP contribution in [0.25, 0.3) is 0 Å². The van der Waals surface area contributed by atoms with E-state index in [0.717, 1.165) is 12.8 Å². The van der Waals surface area contributed by atoms with Crippen LogP contribution in [0.1, 0.15) is 25.7 Å². The molecule has 1 heterocycles. The number of nitrogens with two attached hydrogens (primary N) is 1. The number of halogens is 4. The van der Waals surface area contributed by atoms with Crippen LogP contribution in [-0.2, 0) is 9.59 Å². The van der Waals surface area contributed by atoms with Gasteiger partial charge in [0.15, 0.2) is 0 Å². The van der Waals surface area contributed by atoms with Crippen molar-refractivity contribution in [2.45, 2.75) is 43.9 Å². The third-order valence-electron chi connectivity index (χ3n) is 3.86. The highest BCUT2D eigenvalue weighted by Gasteiger charge is 2.46. The first-order valence-electron chi connectivity index (χ1n) is 6.70. The Morgan fingerprint density at radius 2 is 1.95 bits per heavy atom. The summed E-state index contributed by atoms with van der Waals surface area (Å²) in [5, 5.41) is 4.54. The van der Waals surface area contributed by atoms with Gasteiger partial charge in [-0.1, -0.05) is 0 Å². The Labute approximate surface area is 126 Å². The van der Waals surface area contributed by atoms with Crippen molar-refractivity contribution in [3.63, 3.8) is 0 Å². The van der Waals surface area contributed by atoms with Gasteiger partial charge in [-0.05, 0) is 31.6 Å². The van der Waals surface area contributed by atoms with Crippen molar-refractivity contribution in [2.24, 2.45) is 17.6 Å². The summed E-state index contributed by atoms with van der Waals surface area (Å²) in [6, 6.07) is -2.04. The number of carbonyl (C=O) groups excluding carboxylic acids is 2. The van der Waals surface area contributed by atoms with Gasteiger partial charge in [-0.25, -0.2) is 0 Å². The average Bonchev–Trinajstić information content (AvgIpc) is 3.18. The van der Waals surface area contributed by atoms with E-state index in [1.807, 2.05) is 5.32 Å². The molecule has 0 aromatic rings. The van der Waals surface area contributed by atoms with E-state index >= 15 is 0 Å². The van der Waals surface area contributed by atoms with Gasteiger partial charge in [0, 0.05) is 12.6 Å². The fourth-order valence-electron chi connectivity index (χ4n) is 2.46. The Balaban J connectivity index is 0.00000220. The topological polar surface area (TPSA) is 84.2 Å². The number of alkyl halides is 3. The molecular formula is C12H19ClF3N3O2. The highest BCUT2D eigenvalue weighted by Crippen LogP contribution is 2.33. The van der Waals surface area contributed by atoms with Crippen LogP contribution < -0.4 is 16.4 Å². The zero-order valence-corrected chi connectivity index (χ0v) is 12.1. The fraction of sp³-hybridized carbons (Fsp3) is 0.833. The number of piperidine rings is 1. The molecular weight excluding hydrogens is 311 g/mol. The van der Waals surface area contributed by atoms with Gasteiger partial charge < -0.3 is 16.4 Å². The molecule has 21 heavy (non-hydrogen) atoms. The van der Waals surface area contributed by atoms with Crippen LogP contribution in [0.5, 0.6) is 0 Å². The average molecular weight is 330 g/mol. The zero-order chi connectivity index (χ0) is 14.9. The highest BCUT2D eigenvalue weighted by atomic mass is 35.5. The van der Waals surface area contributed by atoms with E-state index in [-0.39, 0.29) is 37.8 Å². The first-order valence-corrected chi connectivity index (χ1v) is 6.70. The van der Waals surface area contributed by atoms with Crippen LogP contribution in [0.15, 0.2) is 0 Å². The molecule has 1 saturated heterocycles. The molecule has 0 spiro atoms. The summed E-state index contributed by atoms with van der Waals surface area (Å²) in [7, 11) is 0. The summed E-state index contributed by atoms with van der Waals surface area (Å²) >= 11 is 0. The van der Waals surface area contributed by atoms with E-state index in [1.54, 1.807) is 0 Å². The third kappa shape index (κ3) is 4.47. The van der Waals surface area contributed by atoms with Crippen LogP contribution in [0.2, 0.25) is 0 Å². The zero-order valence-electron chi connectivity index (χ0n) is 11.3. The Bertz CT molecular complexity index is 402. The van der Waals surface area contributed by atoms with Gasteiger partial charge in [-0.15, -0.1) is 12.4 Å². The Hall–Kier alpha value is -1.02. The van der Waals surface area contributed by atoms with E-state index in [9.17, 15) is 22.8 Å². The van der Waals surface area contributed by atoms with Gasteiger partial charge in [0.2, 0.25) is 11.8 Å². The second-order valence-corrected chi connectivity index (χ2v) is 5.42. The van der Waals surface area contributed by atoms with Crippen molar-refractivity contribution in [3.8, 4) is 0 Å². The van der Waals surface area contributed by atoms with E-state index in [2.05, 4.69) is 5.32 Å². The Morgan fingerprint density at radius 3 is 2.38 bits per heavy atom. The van der Waals surface area contributed by atoms with E-state index in [1.165, 1.54) is 0 Å². The molecule has 122 valence electrons. The molecule has 4 N–H and O–H groups in total. The van der Waals surface area contributed by atoms with E-state index < -0.39 is 30.0 Å². The van der Waals surface area contributed by atoms with E-state index in [4.69, 9.17) is 5.73 Å². The van der Waals surface area contributed by atoms with Gasteiger partial charge >= 0.3 is 6.18 Å². The molecule has 3 atom stereocenters. The second-order valence-electron chi connectivity index (χ2n) is 5.42. The van der Waals surface area contributed by atoms with Gasteiger partial charge in [0.05, 0.1) is 0 Å². The summed E-state index contributed by atoms with van der Waals surface area (Å²) in [6.45, 7) is 0.274. The van der Waals surface area contributed by atoms with Crippen LogP contribution in [0.3, 0.4) is 0 Å². The van der Waals surface area contributed by atoms with Gasteiger partial charge in [-0.2, -0.15) is 13.2 Å². The van der Waals surface area contributed by atoms with Crippen molar-refractivity contribution in [1.29, 1.82) is 0 Å². The minimum atomic E-state index is -4.47. The molecule has 3 unspecified atom stereocenters. The van der Waals surface area contributed by atoms with Crippen LogP contribution in [-0.4, -0.2) is 36.6 Å². The normalized spacial score (nSPS) is 27.3. The first kappa shape index (κ1) is 18.0. The Kier molecular flexibility index (Phi) is 5.86. The molecule has 0 aromatic carbocycles. The summed E-state index contributed by atoms with van der Waals surface area (Å²) in [6.07, 6.45) is -2.87. The molecule has 1 saturated carbocycles. The Morgan fingerprint density at radius 1 is 1.33 bits per heavy atom. The van der Waals surface area contributed by atoms with Crippen molar-refractivity contribution in [3.05, 3.63) is 0 Å². The van der Waals surface area contributed by atoms with Gasteiger partial charge in [-0.3, -0.25) is 9.59 Å².